The van der Waals surface area contributed by atoms with E-state index in [0.29, 0.717) is 12.0 Å². The van der Waals surface area contributed by atoms with Gasteiger partial charge in [0.2, 0.25) is 0 Å². The molecule has 5 nitrogen and oxygen atoms in total. The van der Waals surface area contributed by atoms with Crippen LogP contribution in [0, 0.1) is 5.92 Å². The zero-order valence-electron chi connectivity index (χ0n) is 14.5. The van der Waals surface area contributed by atoms with E-state index in [9.17, 15) is 0 Å². The maximum Gasteiger partial charge on any atom is 0.194 e. The Kier molecular flexibility index (Phi) is 6.73. The van der Waals surface area contributed by atoms with E-state index < -0.39 is 0 Å². The molecule has 0 bridgehead atoms. The third-order valence-corrected chi connectivity index (χ3v) is 4.89. The number of aliphatic imine (C=N–C) groups is 1. The second-order valence-corrected chi connectivity index (χ2v) is 6.71. The van der Waals surface area contributed by atoms with Gasteiger partial charge in [-0.15, -0.1) is 24.0 Å². The molecule has 3 atom stereocenters. The summed E-state index contributed by atoms with van der Waals surface area (Å²) in [6.45, 7) is 7.39. The maximum atomic E-state index is 4.72. The highest BCUT2D eigenvalue weighted by Gasteiger charge is 2.38. The molecule has 0 aromatic carbocycles. The summed E-state index contributed by atoms with van der Waals surface area (Å²) < 4.78 is 1.90. The average Bonchev–Trinajstić information content (AvgIpc) is 2.92. The van der Waals surface area contributed by atoms with E-state index in [2.05, 4.69) is 35.4 Å². The molecule has 1 aromatic rings. The van der Waals surface area contributed by atoms with Crippen LogP contribution >= 0.6 is 24.0 Å². The lowest BCUT2D eigenvalue weighted by atomic mass is 10.0. The summed E-state index contributed by atoms with van der Waals surface area (Å²) in [6, 6.07) is 0.655. The number of aryl methyl sites for hydroxylation is 1. The van der Waals surface area contributed by atoms with Crippen LogP contribution in [0.5, 0.6) is 0 Å². The monoisotopic (exact) mass is 431 g/mol. The fourth-order valence-electron chi connectivity index (χ4n) is 3.54. The van der Waals surface area contributed by atoms with Crippen LogP contribution in [0.15, 0.2) is 17.4 Å². The normalized spacial score (nSPS) is 27.0. The van der Waals surface area contributed by atoms with Gasteiger partial charge in [-0.05, 0) is 37.7 Å². The van der Waals surface area contributed by atoms with Crippen LogP contribution in [-0.2, 0) is 7.05 Å². The second kappa shape index (κ2) is 8.35. The summed E-state index contributed by atoms with van der Waals surface area (Å²) in [6.07, 6.45) is 9.30. The molecular formula is C17H30IN5. The molecule has 23 heavy (non-hydrogen) atoms. The maximum absolute atomic E-state index is 4.72. The van der Waals surface area contributed by atoms with Crippen molar-refractivity contribution in [3.63, 3.8) is 0 Å². The number of hydrogen-bond donors (Lipinski definition) is 1. The summed E-state index contributed by atoms with van der Waals surface area (Å²) in [7, 11) is 1.99. The molecular weight excluding hydrogens is 401 g/mol. The van der Waals surface area contributed by atoms with Crippen LogP contribution in [0.1, 0.15) is 51.0 Å². The van der Waals surface area contributed by atoms with Crippen molar-refractivity contribution in [2.45, 2.75) is 51.5 Å². The summed E-state index contributed by atoms with van der Waals surface area (Å²) in [5.41, 5.74) is 1.36. The molecule has 3 rings (SSSR count). The Morgan fingerprint density at radius 1 is 1.43 bits per heavy atom. The number of rotatable bonds is 5. The van der Waals surface area contributed by atoms with Crippen molar-refractivity contribution in [2.24, 2.45) is 18.0 Å². The predicted octanol–water partition coefficient (Wildman–Crippen LogP) is 2.98. The molecule has 1 aliphatic heterocycles. The Morgan fingerprint density at radius 3 is 2.91 bits per heavy atom. The average molecular weight is 431 g/mol. The van der Waals surface area contributed by atoms with E-state index in [1.165, 1.54) is 31.2 Å². The van der Waals surface area contributed by atoms with Crippen molar-refractivity contribution < 1.29 is 0 Å². The summed E-state index contributed by atoms with van der Waals surface area (Å²) >= 11 is 0. The van der Waals surface area contributed by atoms with E-state index in [0.717, 1.165) is 31.5 Å². The van der Waals surface area contributed by atoms with Crippen LogP contribution < -0.4 is 5.32 Å². The molecule has 2 aliphatic rings. The Labute approximate surface area is 156 Å². The first-order valence-electron chi connectivity index (χ1n) is 8.75. The van der Waals surface area contributed by atoms with Crippen LogP contribution in [0.25, 0.3) is 0 Å². The van der Waals surface area contributed by atoms with Crippen molar-refractivity contribution >= 4 is 29.9 Å². The highest BCUT2D eigenvalue weighted by Crippen LogP contribution is 2.35. The molecule has 130 valence electrons. The molecule has 3 unspecified atom stereocenters. The molecule has 1 N–H and O–H groups in total. The molecule has 0 amide bonds. The first-order chi connectivity index (χ1) is 10.7. The number of likely N-dealkylation sites (tertiary alicyclic amines) is 1. The van der Waals surface area contributed by atoms with Gasteiger partial charge in [0.05, 0.1) is 6.20 Å². The van der Waals surface area contributed by atoms with Gasteiger partial charge in [0, 0.05) is 44.8 Å². The van der Waals surface area contributed by atoms with Crippen LogP contribution in [0.4, 0.5) is 0 Å². The van der Waals surface area contributed by atoms with Gasteiger partial charge in [0.15, 0.2) is 5.96 Å². The molecule has 1 aliphatic carbocycles. The van der Waals surface area contributed by atoms with Crippen molar-refractivity contribution in [3.05, 3.63) is 18.0 Å². The molecule has 0 radical (unpaired) electrons. The lowest BCUT2D eigenvalue weighted by Crippen LogP contribution is -2.41. The molecule has 1 saturated heterocycles. The zero-order valence-corrected chi connectivity index (χ0v) is 16.9. The Hall–Kier alpha value is -0.790. The number of halogens is 1. The van der Waals surface area contributed by atoms with Gasteiger partial charge in [0.1, 0.15) is 0 Å². The van der Waals surface area contributed by atoms with Gasteiger partial charge in [-0.3, -0.25) is 9.67 Å². The molecule has 6 heteroatoms. The quantitative estimate of drug-likeness (QED) is 0.443. The Balaban J connectivity index is 0.00000192. The molecule has 1 aromatic heterocycles. The first kappa shape index (κ1) is 18.5. The van der Waals surface area contributed by atoms with Gasteiger partial charge >= 0.3 is 0 Å². The Bertz CT molecular complexity index is 527. The largest absolute Gasteiger partial charge is 0.353 e. The van der Waals surface area contributed by atoms with E-state index in [1.807, 2.05) is 17.9 Å². The first-order valence-corrected chi connectivity index (χ1v) is 8.75. The van der Waals surface area contributed by atoms with Crippen LogP contribution in [0.2, 0.25) is 0 Å². The number of guanidine groups is 1. The molecule has 0 spiro atoms. The topological polar surface area (TPSA) is 45.5 Å². The van der Waals surface area contributed by atoms with Crippen LogP contribution in [0.3, 0.4) is 0 Å². The number of nitrogens with one attached hydrogen (secondary N) is 1. The summed E-state index contributed by atoms with van der Waals surface area (Å²) in [4.78, 5) is 7.16. The van der Waals surface area contributed by atoms with E-state index >= 15 is 0 Å². The van der Waals surface area contributed by atoms with Crippen molar-refractivity contribution in [1.82, 2.24) is 20.0 Å². The van der Waals surface area contributed by atoms with Gasteiger partial charge in [-0.1, -0.05) is 13.3 Å². The standard InChI is InChI=1S/C17H29N5.HI/c1-4-6-13-9-16(13)20-17(18-5-2)22-8-7-14(12-22)15-10-19-21(3)11-15;/h10-11,13-14,16H,4-9,12H2,1-3H3,(H,18,20);1H. The SMILES string of the molecule is CCCC1CC1NC(=NCC)N1CCC(c2cnn(C)c2)C1.I. The van der Waals surface area contributed by atoms with Gasteiger partial charge < -0.3 is 10.2 Å². The van der Waals surface area contributed by atoms with Gasteiger partial charge in [-0.2, -0.15) is 5.10 Å². The molecule has 2 fully saturated rings. The van der Waals surface area contributed by atoms with E-state index in [1.54, 1.807) is 0 Å². The highest BCUT2D eigenvalue weighted by atomic mass is 127. The lowest BCUT2D eigenvalue weighted by molar-refractivity contribution is 0.480. The summed E-state index contributed by atoms with van der Waals surface area (Å²) in [5, 5.41) is 8.01. The molecule has 1 saturated carbocycles. The van der Waals surface area contributed by atoms with Crippen LogP contribution in [-0.4, -0.2) is 46.3 Å². The third-order valence-electron chi connectivity index (χ3n) is 4.89. The van der Waals surface area contributed by atoms with E-state index in [-0.39, 0.29) is 24.0 Å². The summed E-state index contributed by atoms with van der Waals surface area (Å²) in [5.74, 6) is 2.57. The fourth-order valence-corrected chi connectivity index (χ4v) is 3.54. The predicted molar refractivity (Wildman–Crippen MR) is 105 cm³/mol. The van der Waals surface area contributed by atoms with Gasteiger partial charge in [0.25, 0.3) is 0 Å². The van der Waals surface area contributed by atoms with Crippen molar-refractivity contribution in [2.75, 3.05) is 19.6 Å². The minimum atomic E-state index is 0. The van der Waals surface area contributed by atoms with Crippen molar-refractivity contribution in [1.29, 1.82) is 0 Å². The minimum absolute atomic E-state index is 0. The van der Waals surface area contributed by atoms with Crippen molar-refractivity contribution in [3.8, 4) is 0 Å². The fraction of sp³-hybridized carbons (Fsp3) is 0.765. The highest BCUT2D eigenvalue weighted by molar-refractivity contribution is 14.0. The van der Waals surface area contributed by atoms with E-state index in [4.69, 9.17) is 4.99 Å². The Morgan fingerprint density at radius 2 is 2.26 bits per heavy atom. The lowest BCUT2D eigenvalue weighted by Gasteiger charge is -2.22. The second-order valence-electron chi connectivity index (χ2n) is 6.71. The third kappa shape index (κ3) is 4.61. The molecule has 2 heterocycles. The number of hydrogen-bond acceptors (Lipinski definition) is 2. The zero-order chi connectivity index (χ0) is 15.5. The number of aromatic nitrogens is 2. The van der Waals surface area contributed by atoms with Gasteiger partial charge in [-0.25, -0.2) is 0 Å². The smallest absolute Gasteiger partial charge is 0.194 e. The minimum Gasteiger partial charge on any atom is -0.353 e. The number of nitrogens with zero attached hydrogens (tertiary/aromatic N) is 4.